The van der Waals surface area contributed by atoms with E-state index >= 15 is 0 Å². The fraction of sp³-hybridized carbons (Fsp3) is 0.350. The summed E-state index contributed by atoms with van der Waals surface area (Å²) in [7, 11) is 0. The van der Waals surface area contributed by atoms with Gasteiger partial charge in [0, 0.05) is 17.2 Å². The molecule has 0 radical (unpaired) electrons. The molecule has 1 N–H and O–H groups in total. The van der Waals surface area contributed by atoms with E-state index in [4.69, 9.17) is 9.84 Å². The molecule has 6 nitrogen and oxygen atoms in total. The maximum absolute atomic E-state index is 11.6. The smallest absolute Gasteiger partial charge is 0.262 e. The van der Waals surface area contributed by atoms with Gasteiger partial charge in [-0.3, -0.25) is 9.79 Å². The second-order valence-corrected chi connectivity index (χ2v) is 7.07. The second kappa shape index (κ2) is 8.81. The zero-order valence-corrected chi connectivity index (χ0v) is 16.5. The van der Waals surface area contributed by atoms with Crippen LogP contribution in [0.15, 0.2) is 46.3 Å². The van der Waals surface area contributed by atoms with Crippen molar-refractivity contribution in [1.29, 1.82) is 0 Å². The molecule has 1 amide bonds. The van der Waals surface area contributed by atoms with Crippen molar-refractivity contribution in [1.82, 2.24) is 4.68 Å². The van der Waals surface area contributed by atoms with Crippen LogP contribution in [-0.2, 0) is 4.79 Å². The highest BCUT2D eigenvalue weighted by Gasteiger charge is 2.17. The summed E-state index contributed by atoms with van der Waals surface area (Å²) in [4.78, 5) is 17.0. The highest BCUT2D eigenvalue weighted by molar-refractivity contribution is 7.07. The topological polar surface area (TPSA) is 68.0 Å². The number of amides is 1. The monoisotopic (exact) mass is 384 g/mol. The lowest BCUT2D eigenvalue weighted by atomic mass is 10.1. The van der Waals surface area contributed by atoms with Gasteiger partial charge in [0.15, 0.2) is 6.61 Å². The van der Waals surface area contributed by atoms with Crippen LogP contribution in [0, 0.1) is 5.92 Å². The third-order valence-electron chi connectivity index (χ3n) is 4.39. The Hall–Kier alpha value is -2.67. The maximum atomic E-state index is 11.6. The molecule has 27 heavy (non-hydrogen) atoms. The number of thiazole rings is 1. The third kappa shape index (κ3) is 4.36. The molecule has 0 aliphatic carbocycles. The van der Waals surface area contributed by atoms with Gasteiger partial charge in [0.1, 0.15) is 5.75 Å². The predicted octanol–water partition coefficient (Wildman–Crippen LogP) is 3.90. The number of nitrogens with zero attached hydrogens (tertiary/aromatic N) is 3. The lowest BCUT2D eigenvalue weighted by molar-refractivity contribution is -0.118. The number of ether oxygens (including phenoxy) is 1. The van der Waals surface area contributed by atoms with Crippen molar-refractivity contribution in [3.8, 4) is 17.0 Å². The standard InChI is InChI=1S/C20H24N4O2S/c1-4-9-21-20-24(22-11-14(5-2)6-3)17(13-27-20)15-7-8-18-16(10-15)23-19(25)12-26-18/h4,7-8,10-11,13-14H,1,5-6,9,12H2,2-3H3,(H,23,25). The van der Waals surface area contributed by atoms with Crippen molar-refractivity contribution in [2.75, 3.05) is 18.5 Å². The summed E-state index contributed by atoms with van der Waals surface area (Å²) in [6.07, 6.45) is 5.84. The third-order valence-corrected chi connectivity index (χ3v) is 5.24. The second-order valence-electron chi connectivity index (χ2n) is 6.23. The Balaban J connectivity index is 2.05. The average molecular weight is 385 g/mol. The molecule has 0 bridgehead atoms. The molecule has 142 valence electrons. The Morgan fingerprint density at radius 3 is 2.96 bits per heavy atom. The van der Waals surface area contributed by atoms with Crippen molar-refractivity contribution < 1.29 is 9.53 Å². The van der Waals surface area contributed by atoms with E-state index in [1.54, 1.807) is 6.08 Å². The number of hydrogen-bond acceptors (Lipinski definition) is 5. The molecule has 2 heterocycles. The zero-order chi connectivity index (χ0) is 19.2. The summed E-state index contributed by atoms with van der Waals surface area (Å²) < 4.78 is 7.31. The van der Waals surface area contributed by atoms with E-state index in [0.29, 0.717) is 23.9 Å². The van der Waals surface area contributed by atoms with Gasteiger partial charge in [-0.2, -0.15) is 5.10 Å². The Labute approximate surface area is 162 Å². The fourth-order valence-electron chi connectivity index (χ4n) is 2.76. The average Bonchev–Trinajstić information content (AvgIpc) is 3.09. The number of anilines is 1. The minimum absolute atomic E-state index is 0.0507. The van der Waals surface area contributed by atoms with Gasteiger partial charge in [-0.25, -0.2) is 4.68 Å². The van der Waals surface area contributed by atoms with Gasteiger partial charge in [-0.1, -0.05) is 19.9 Å². The number of carbonyl (C=O) groups excluding carboxylic acids is 1. The van der Waals surface area contributed by atoms with Gasteiger partial charge in [0.25, 0.3) is 5.91 Å². The summed E-state index contributed by atoms with van der Waals surface area (Å²) in [5, 5.41) is 9.60. The Morgan fingerprint density at radius 1 is 1.41 bits per heavy atom. The quantitative estimate of drug-likeness (QED) is 0.581. The highest BCUT2D eigenvalue weighted by atomic mass is 32.1. The van der Waals surface area contributed by atoms with E-state index in [9.17, 15) is 4.79 Å². The van der Waals surface area contributed by atoms with Crippen molar-refractivity contribution in [2.24, 2.45) is 16.0 Å². The van der Waals surface area contributed by atoms with Crippen LogP contribution in [0.25, 0.3) is 11.3 Å². The molecule has 1 aromatic carbocycles. The van der Waals surface area contributed by atoms with Crippen molar-refractivity contribution in [2.45, 2.75) is 26.7 Å². The SMILES string of the molecule is C=CCN=c1scc(-c2ccc3c(c2)NC(=O)CO3)n1N=CC(CC)CC. The van der Waals surface area contributed by atoms with E-state index in [-0.39, 0.29) is 12.5 Å². The van der Waals surface area contributed by atoms with Gasteiger partial charge in [0.2, 0.25) is 4.80 Å². The van der Waals surface area contributed by atoms with Gasteiger partial charge >= 0.3 is 0 Å². The summed E-state index contributed by atoms with van der Waals surface area (Å²) in [6.45, 7) is 8.64. The van der Waals surface area contributed by atoms with E-state index < -0.39 is 0 Å². The van der Waals surface area contributed by atoms with Crippen LogP contribution in [0.3, 0.4) is 0 Å². The first kappa shape index (κ1) is 19.1. The minimum Gasteiger partial charge on any atom is -0.482 e. The molecule has 0 atom stereocenters. The van der Waals surface area contributed by atoms with Gasteiger partial charge in [-0.05, 0) is 37.0 Å². The number of benzene rings is 1. The maximum Gasteiger partial charge on any atom is 0.262 e. The first-order chi connectivity index (χ1) is 13.2. The molecule has 0 fully saturated rings. The van der Waals surface area contributed by atoms with Crippen molar-refractivity contribution >= 4 is 29.1 Å². The summed E-state index contributed by atoms with van der Waals surface area (Å²) in [5.41, 5.74) is 2.54. The fourth-order valence-corrected chi connectivity index (χ4v) is 3.61. The summed E-state index contributed by atoms with van der Waals surface area (Å²) >= 11 is 1.53. The Bertz CT molecular complexity index is 922. The normalized spacial score (nSPS) is 14.3. The highest BCUT2D eigenvalue weighted by Crippen LogP contribution is 2.32. The number of aromatic nitrogens is 1. The van der Waals surface area contributed by atoms with Crippen LogP contribution < -0.4 is 14.9 Å². The molecule has 0 saturated carbocycles. The molecule has 0 unspecified atom stereocenters. The number of nitrogens with one attached hydrogen (secondary N) is 1. The first-order valence-electron chi connectivity index (χ1n) is 9.09. The molecule has 1 aliphatic heterocycles. The van der Waals surface area contributed by atoms with Crippen LogP contribution in [0.2, 0.25) is 0 Å². The van der Waals surface area contributed by atoms with Crippen LogP contribution >= 0.6 is 11.3 Å². The molecule has 1 aliphatic rings. The lowest BCUT2D eigenvalue weighted by Gasteiger charge is -2.18. The molecule has 3 rings (SSSR count). The summed E-state index contributed by atoms with van der Waals surface area (Å²) in [5.74, 6) is 0.956. The number of rotatable bonds is 7. The van der Waals surface area contributed by atoms with Gasteiger partial charge in [0.05, 0.1) is 17.9 Å². The largest absolute Gasteiger partial charge is 0.482 e. The lowest BCUT2D eigenvalue weighted by Crippen LogP contribution is -2.25. The van der Waals surface area contributed by atoms with E-state index in [1.807, 2.05) is 34.5 Å². The van der Waals surface area contributed by atoms with Gasteiger partial charge in [-0.15, -0.1) is 17.9 Å². The van der Waals surface area contributed by atoms with Crippen molar-refractivity contribution in [3.05, 3.63) is 41.0 Å². The molecule has 0 saturated heterocycles. The van der Waals surface area contributed by atoms with Crippen LogP contribution in [0.5, 0.6) is 5.75 Å². The van der Waals surface area contributed by atoms with E-state index in [1.165, 1.54) is 11.3 Å². The molecule has 1 aromatic heterocycles. The summed E-state index contributed by atoms with van der Waals surface area (Å²) in [6, 6.07) is 5.75. The van der Waals surface area contributed by atoms with Crippen LogP contribution in [-0.4, -0.2) is 29.9 Å². The molecule has 0 spiro atoms. The molecule has 7 heteroatoms. The Kier molecular flexibility index (Phi) is 6.24. The molecule has 2 aromatic rings. The predicted molar refractivity (Wildman–Crippen MR) is 110 cm³/mol. The van der Waals surface area contributed by atoms with Crippen molar-refractivity contribution in [3.63, 3.8) is 0 Å². The van der Waals surface area contributed by atoms with Crippen LogP contribution in [0.1, 0.15) is 26.7 Å². The first-order valence-corrected chi connectivity index (χ1v) is 9.97. The minimum atomic E-state index is -0.147. The Morgan fingerprint density at radius 2 is 2.22 bits per heavy atom. The van der Waals surface area contributed by atoms with E-state index in [2.05, 4.69) is 30.7 Å². The molecular formula is C20H24N4O2S. The zero-order valence-electron chi connectivity index (χ0n) is 15.6. The van der Waals surface area contributed by atoms with Gasteiger partial charge < -0.3 is 10.1 Å². The molecular weight excluding hydrogens is 360 g/mol. The number of hydrogen-bond donors (Lipinski definition) is 1. The number of fused-ring (bicyclic) bond motifs is 1. The van der Waals surface area contributed by atoms with E-state index in [0.717, 1.165) is 28.9 Å². The number of carbonyl (C=O) groups is 1. The van der Waals surface area contributed by atoms with Crippen LogP contribution in [0.4, 0.5) is 5.69 Å².